The molecular formula is C30H39N5O. The van der Waals surface area contributed by atoms with E-state index < -0.39 is 0 Å². The van der Waals surface area contributed by atoms with Crippen molar-refractivity contribution >= 4 is 22.4 Å². The number of carbonyl (C=O) groups excluding carboxylic acids is 1. The van der Waals surface area contributed by atoms with Gasteiger partial charge in [0.1, 0.15) is 0 Å². The number of hydrogen-bond donors (Lipinski definition) is 0. The number of nitrogens with zero attached hydrogens (tertiary/aromatic N) is 5. The highest BCUT2D eigenvalue weighted by Crippen LogP contribution is 2.33. The van der Waals surface area contributed by atoms with Gasteiger partial charge in [0.2, 0.25) is 0 Å². The molecule has 4 heterocycles. The van der Waals surface area contributed by atoms with Crippen LogP contribution in [0, 0.1) is 5.92 Å². The fraction of sp³-hybridized carbons (Fsp3) is 0.467. The van der Waals surface area contributed by atoms with E-state index in [1.54, 1.807) is 6.20 Å². The Labute approximate surface area is 215 Å². The highest BCUT2D eigenvalue weighted by atomic mass is 16.2. The SMILES string of the molecule is CC(C)CN1CC=C(c2cn(-c3cccnc3)c3cc(C(=O)N4CCN(C(C)C)CC4)ccc23)CC1. The van der Waals surface area contributed by atoms with Crippen LogP contribution in [0.2, 0.25) is 0 Å². The number of piperazine rings is 1. The molecule has 2 aliphatic heterocycles. The van der Waals surface area contributed by atoms with Crippen LogP contribution >= 0.6 is 0 Å². The van der Waals surface area contributed by atoms with Gasteiger partial charge in [0.15, 0.2) is 0 Å². The van der Waals surface area contributed by atoms with Crippen LogP contribution in [-0.2, 0) is 0 Å². The number of aromatic nitrogens is 2. The summed E-state index contributed by atoms with van der Waals surface area (Å²) in [5.41, 5.74) is 5.50. The topological polar surface area (TPSA) is 44.6 Å². The van der Waals surface area contributed by atoms with Gasteiger partial charge in [-0.05, 0) is 56.0 Å². The molecule has 1 aromatic carbocycles. The third kappa shape index (κ3) is 5.11. The number of hydrogen-bond acceptors (Lipinski definition) is 4. The summed E-state index contributed by atoms with van der Waals surface area (Å²) in [6, 6.07) is 10.8. The van der Waals surface area contributed by atoms with E-state index in [1.807, 2.05) is 23.2 Å². The first-order chi connectivity index (χ1) is 17.4. The summed E-state index contributed by atoms with van der Waals surface area (Å²) in [4.78, 5) is 24.8. The molecule has 0 unspecified atom stereocenters. The van der Waals surface area contributed by atoms with Gasteiger partial charge in [-0.1, -0.05) is 26.0 Å². The predicted octanol–water partition coefficient (Wildman–Crippen LogP) is 4.94. The van der Waals surface area contributed by atoms with E-state index >= 15 is 0 Å². The van der Waals surface area contributed by atoms with Crippen LogP contribution in [0.15, 0.2) is 55.0 Å². The number of amides is 1. The number of pyridine rings is 1. The van der Waals surface area contributed by atoms with Crippen molar-refractivity contribution in [2.24, 2.45) is 5.92 Å². The molecule has 0 radical (unpaired) electrons. The van der Waals surface area contributed by atoms with Gasteiger partial charge < -0.3 is 9.47 Å². The monoisotopic (exact) mass is 485 g/mol. The summed E-state index contributed by atoms with van der Waals surface area (Å²) in [6.07, 6.45) is 9.36. The second-order valence-corrected chi connectivity index (χ2v) is 10.9. The van der Waals surface area contributed by atoms with Crippen molar-refractivity contribution in [2.45, 2.75) is 40.2 Å². The molecule has 0 spiro atoms. The van der Waals surface area contributed by atoms with E-state index in [0.29, 0.717) is 12.0 Å². The van der Waals surface area contributed by atoms with Gasteiger partial charge in [0.25, 0.3) is 5.91 Å². The Morgan fingerprint density at radius 3 is 2.47 bits per heavy atom. The minimum Gasteiger partial charge on any atom is -0.336 e. The van der Waals surface area contributed by atoms with Gasteiger partial charge in [-0.25, -0.2) is 0 Å². The normalized spacial score (nSPS) is 17.8. The van der Waals surface area contributed by atoms with Crippen molar-refractivity contribution in [2.75, 3.05) is 45.8 Å². The van der Waals surface area contributed by atoms with Gasteiger partial charge in [-0.3, -0.25) is 19.6 Å². The largest absolute Gasteiger partial charge is 0.336 e. The molecule has 5 rings (SSSR count). The van der Waals surface area contributed by atoms with Crippen LogP contribution in [0.4, 0.5) is 0 Å². The Morgan fingerprint density at radius 1 is 1.03 bits per heavy atom. The smallest absolute Gasteiger partial charge is 0.254 e. The van der Waals surface area contributed by atoms with E-state index in [1.165, 1.54) is 16.5 Å². The number of fused-ring (bicyclic) bond motifs is 1. The molecule has 2 aliphatic rings. The zero-order valence-electron chi connectivity index (χ0n) is 22.2. The molecule has 6 heteroatoms. The molecule has 0 N–H and O–H groups in total. The highest BCUT2D eigenvalue weighted by Gasteiger charge is 2.25. The number of carbonyl (C=O) groups is 1. The fourth-order valence-electron chi connectivity index (χ4n) is 5.59. The van der Waals surface area contributed by atoms with E-state index in [4.69, 9.17) is 0 Å². The van der Waals surface area contributed by atoms with Crippen molar-refractivity contribution in [3.05, 3.63) is 66.1 Å². The van der Waals surface area contributed by atoms with Crippen LogP contribution < -0.4 is 0 Å². The summed E-state index contributed by atoms with van der Waals surface area (Å²) in [5.74, 6) is 0.804. The average molecular weight is 486 g/mol. The van der Waals surface area contributed by atoms with Crippen molar-refractivity contribution in [1.82, 2.24) is 24.3 Å². The Hall–Kier alpha value is -2.96. The second-order valence-electron chi connectivity index (χ2n) is 10.9. The lowest BCUT2D eigenvalue weighted by Crippen LogP contribution is -2.50. The second kappa shape index (κ2) is 10.6. The molecule has 0 saturated carbocycles. The molecule has 190 valence electrons. The average Bonchev–Trinajstić information content (AvgIpc) is 3.28. The predicted molar refractivity (Wildman–Crippen MR) is 148 cm³/mol. The van der Waals surface area contributed by atoms with Crippen LogP contribution in [0.25, 0.3) is 22.2 Å². The van der Waals surface area contributed by atoms with Crippen LogP contribution in [0.1, 0.15) is 50.0 Å². The standard InChI is InChI=1S/C30H39N5O/c1-22(2)20-32-12-9-24(10-13-32)28-21-35(26-6-5-11-31-19-26)29-18-25(7-8-27(28)29)30(36)34-16-14-33(15-17-34)23(3)4/h5-9,11,18-19,21-23H,10,12-17,20H2,1-4H3. The van der Waals surface area contributed by atoms with Gasteiger partial charge in [0.05, 0.1) is 17.4 Å². The van der Waals surface area contributed by atoms with Crippen molar-refractivity contribution < 1.29 is 4.79 Å². The fourth-order valence-corrected chi connectivity index (χ4v) is 5.59. The number of rotatable bonds is 6. The van der Waals surface area contributed by atoms with E-state index in [-0.39, 0.29) is 5.91 Å². The molecular weight excluding hydrogens is 446 g/mol. The molecule has 6 nitrogen and oxygen atoms in total. The highest BCUT2D eigenvalue weighted by molar-refractivity contribution is 6.01. The first kappa shape index (κ1) is 24.7. The Balaban J connectivity index is 1.48. The van der Waals surface area contributed by atoms with Crippen molar-refractivity contribution in [1.29, 1.82) is 0 Å². The lowest BCUT2D eigenvalue weighted by atomic mass is 9.97. The summed E-state index contributed by atoms with van der Waals surface area (Å²) in [5, 5.41) is 1.20. The summed E-state index contributed by atoms with van der Waals surface area (Å²) in [7, 11) is 0. The maximum absolute atomic E-state index is 13.5. The molecule has 2 aromatic heterocycles. The van der Waals surface area contributed by atoms with Gasteiger partial charge >= 0.3 is 0 Å². The lowest BCUT2D eigenvalue weighted by molar-refractivity contribution is 0.0595. The van der Waals surface area contributed by atoms with Crippen LogP contribution in [0.3, 0.4) is 0 Å². The molecule has 0 aliphatic carbocycles. The molecule has 0 bridgehead atoms. The maximum Gasteiger partial charge on any atom is 0.254 e. The molecule has 1 fully saturated rings. The summed E-state index contributed by atoms with van der Waals surface area (Å²) < 4.78 is 2.20. The van der Waals surface area contributed by atoms with E-state index in [0.717, 1.165) is 69.0 Å². The maximum atomic E-state index is 13.5. The molecule has 1 amide bonds. The quantitative estimate of drug-likeness (QED) is 0.496. The molecule has 0 atom stereocenters. The first-order valence-corrected chi connectivity index (χ1v) is 13.4. The summed E-state index contributed by atoms with van der Waals surface area (Å²) in [6.45, 7) is 15.7. The van der Waals surface area contributed by atoms with E-state index in [9.17, 15) is 4.79 Å². The lowest BCUT2D eigenvalue weighted by Gasteiger charge is -2.37. The molecule has 1 saturated heterocycles. The van der Waals surface area contributed by atoms with E-state index in [2.05, 4.69) is 77.5 Å². The minimum absolute atomic E-state index is 0.127. The third-order valence-electron chi connectivity index (χ3n) is 7.57. The third-order valence-corrected chi connectivity index (χ3v) is 7.57. The number of benzene rings is 1. The van der Waals surface area contributed by atoms with Gasteiger partial charge in [0, 0.05) is 80.8 Å². The molecule has 36 heavy (non-hydrogen) atoms. The van der Waals surface area contributed by atoms with Gasteiger partial charge in [-0.15, -0.1) is 0 Å². The van der Waals surface area contributed by atoms with Crippen molar-refractivity contribution in [3.8, 4) is 5.69 Å². The minimum atomic E-state index is 0.127. The Bertz CT molecular complexity index is 1230. The van der Waals surface area contributed by atoms with Crippen LogP contribution in [-0.4, -0.2) is 82.0 Å². The Kier molecular flexibility index (Phi) is 7.26. The van der Waals surface area contributed by atoms with Crippen molar-refractivity contribution in [3.63, 3.8) is 0 Å². The zero-order valence-corrected chi connectivity index (χ0v) is 22.2. The zero-order chi connectivity index (χ0) is 25.2. The first-order valence-electron chi connectivity index (χ1n) is 13.4. The van der Waals surface area contributed by atoms with Gasteiger partial charge in [-0.2, -0.15) is 0 Å². The molecule has 3 aromatic rings. The van der Waals surface area contributed by atoms with Crippen LogP contribution in [0.5, 0.6) is 0 Å². The Morgan fingerprint density at radius 2 is 1.83 bits per heavy atom. The summed E-state index contributed by atoms with van der Waals surface area (Å²) >= 11 is 0.